The van der Waals surface area contributed by atoms with Gasteiger partial charge in [-0.1, -0.05) is 0 Å². The van der Waals surface area contributed by atoms with Crippen LogP contribution in [0, 0.1) is 0 Å². The predicted octanol–water partition coefficient (Wildman–Crippen LogP) is 0.924. The van der Waals surface area contributed by atoms with Gasteiger partial charge >= 0.3 is 6.09 Å². The topological polar surface area (TPSA) is 125 Å². The number of carbonyl (C=O) groups excluding carboxylic acids is 1. The van der Waals surface area contributed by atoms with E-state index in [1.807, 2.05) is 20.8 Å². The Bertz CT molecular complexity index is 823. The summed E-state index contributed by atoms with van der Waals surface area (Å²) in [6.45, 7) is 7.25. The number of sulfonamides is 1. The predicted molar refractivity (Wildman–Crippen MR) is 115 cm³/mol. The molecule has 1 aromatic rings. The number of rotatable bonds is 6. The lowest BCUT2D eigenvalue weighted by atomic mass is 10.1. The minimum absolute atomic E-state index is 0.0320. The van der Waals surface area contributed by atoms with E-state index in [1.54, 1.807) is 18.0 Å². The molecule has 2 heterocycles. The maximum absolute atomic E-state index is 12.3. The lowest BCUT2D eigenvalue weighted by Crippen LogP contribution is -2.53. The third-order valence-electron chi connectivity index (χ3n) is 4.29. The van der Waals surface area contributed by atoms with Crippen molar-refractivity contribution in [1.29, 1.82) is 0 Å². The van der Waals surface area contributed by atoms with E-state index in [9.17, 15) is 13.2 Å². The summed E-state index contributed by atoms with van der Waals surface area (Å²) in [5.74, 6) is 0.548. The van der Waals surface area contributed by atoms with Gasteiger partial charge in [-0.3, -0.25) is 9.98 Å². The molecule has 30 heavy (non-hydrogen) atoms. The number of guanidine groups is 1. The van der Waals surface area contributed by atoms with Crippen LogP contribution in [0.5, 0.6) is 0 Å². The van der Waals surface area contributed by atoms with Gasteiger partial charge in [-0.05, 0) is 45.7 Å². The Labute approximate surface area is 178 Å². The molecule has 1 fully saturated rings. The summed E-state index contributed by atoms with van der Waals surface area (Å²) < 4.78 is 32.3. The van der Waals surface area contributed by atoms with E-state index in [-0.39, 0.29) is 23.6 Å². The van der Waals surface area contributed by atoms with Crippen LogP contribution in [0.4, 0.5) is 4.79 Å². The minimum atomic E-state index is -3.59. The molecule has 0 aliphatic carbocycles. The number of carbonyl (C=O) groups is 1. The molecular weight excluding hydrogens is 408 g/mol. The zero-order valence-corrected chi connectivity index (χ0v) is 18.8. The van der Waals surface area contributed by atoms with Gasteiger partial charge in [0.25, 0.3) is 0 Å². The molecular formula is C19H32N6O4S. The maximum Gasteiger partial charge on any atom is 0.410 e. The molecule has 0 saturated carbocycles. The highest BCUT2D eigenvalue weighted by molar-refractivity contribution is 7.89. The molecule has 168 valence electrons. The van der Waals surface area contributed by atoms with Crippen LogP contribution in [0.3, 0.4) is 0 Å². The Morgan fingerprint density at radius 1 is 1.37 bits per heavy atom. The molecule has 0 aromatic carbocycles. The molecule has 0 radical (unpaired) electrons. The van der Waals surface area contributed by atoms with Crippen LogP contribution < -0.4 is 15.4 Å². The van der Waals surface area contributed by atoms with Crippen molar-refractivity contribution in [3.8, 4) is 0 Å². The summed E-state index contributed by atoms with van der Waals surface area (Å²) in [6.07, 6.45) is 4.26. The summed E-state index contributed by atoms with van der Waals surface area (Å²) >= 11 is 0. The first kappa shape index (κ1) is 23.9. The van der Waals surface area contributed by atoms with Gasteiger partial charge < -0.3 is 20.3 Å². The molecule has 2 rings (SSSR count). The van der Waals surface area contributed by atoms with Crippen molar-refractivity contribution in [1.82, 2.24) is 25.2 Å². The third kappa shape index (κ3) is 7.79. The monoisotopic (exact) mass is 440 g/mol. The van der Waals surface area contributed by atoms with Gasteiger partial charge in [-0.15, -0.1) is 0 Å². The molecule has 11 heteroatoms. The molecule has 0 bridgehead atoms. The van der Waals surface area contributed by atoms with E-state index in [2.05, 4.69) is 25.3 Å². The molecule has 1 amide bonds. The molecule has 3 N–H and O–H groups in total. The van der Waals surface area contributed by atoms with Gasteiger partial charge in [-0.2, -0.15) is 0 Å². The molecule has 1 aromatic heterocycles. The van der Waals surface area contributed by atoms with E-state index < -0.39 is 15.6 Å². The number of hydrogen-bond donors (Lipinski definition) is 3. The van der Waals surface area contributed by atoms with Crippen LogP contribution in [-0.2, 0) is 14.8 Å². The van der Waals surface area contributed by atoms with E-state index in [0.717, 1.165) is 12.8 Å². The van der Waals surface area contributed by atoms with Gasteiger partial charge in [0, 0.05) is 51.7 Å². The van der Waals surface area contributed by atoms with Gasteiger partial charge in [0.2, 0.25) is 10.0 Å². The van der Waals surface area contributed by atoms with E-state index in [0.29, 0.717) is 25.6 Å². The van der Waals surface area contributed by atoms with Crippen molar-refractivity contribution >= 4 is 22.1 Å². The van der Waals surface area contributed by atoms with Crippen LogP contribution in [0.2, 0.25) is 0 Å². The molecule has 1 aliphatic heterocycles. The highest BCUT2D eigenvalue weighted by atomic mass is 32.2. The smallest absolute Gasteiger partial charge is 0.410 e. The Hall–Kier alpha value is -2.40. The number of ether oxygens (including phenoxy) is 1. The highest BCUT2D eigenvalue weighted by Crippen LogP contribution is 2.15. The van der Waals surface area contributed by atoms with E-state index >= 15 is 0 Å². The van der Waals surface area contributed by atoms with Gasteiger partial charge in [-0.25, -0.2) is 17.9 Å². The van der Waals surface area contributed by atoms with Crippen LogP contribution in [0.15, 0.2) is 34.4 Å². The van der Waals surface area contributed by atoms with E-state index in [1.165, 1.54) is 18.5 Å². The fourth-order valence-electron chi connectivity index (χ4n) is 2.93. The number of pyridine rings is 1. The molecule has 0 spiro atoms. The lowest BCUT2D eigenvalue weighted by Gasteiger charge is -2.35. The quantitative estimate of drug-likeness (QED) is 0.341. The normalized spacial score (nSPS) is 18.1. The summed E-state index contributed by atoms with van der Waals surface area (Å²) in [4.78, 5) is 22.1. The second kappa shape index (κ2) is 10.6. The van der Waals surface area contributed by atoms with Gasteiger partial charge in [0.1, 0.15) is 10.5 Å². The summed E-state index contributed by atoms with van der Waals surface area (Å²) in [6, 6.07) is 3.09. The van der Waals surface area contributed by atoms with Crippen molar-refractivity contribution in [2.45, 2.75) is 50.2 Å². The second-order valence-electron chi connectivity index (χ2n) is 8.00. The fourth-order valence-corrected chi connectivity index (χ4v) is 3.93. The van der Waals surface area contributed by atoms with Gasteiger partial charge in [0.05, 0.1) is 0 Å². The molecule has 1 saturated heterocycles. The first-order valence-corrected chi connectivity index (χ1v) is 11.4. The van der Waals surface area contributed by atoms with E-state index in [4.69, 9.17) is 4.74 Å². The number of amides is 1. The van der Waals surface area contributed by atoms with Crippen LogP contribution in [0.25, 0.3) is 0 Å². The van der Waals surface area contributed by atoms with Gasteiger partial charge in [0.15, 0.2) is 5.96 Å². The van der Waals surface area contributed by atoms with Crippen molar-refractivity contribution < 1.29 is 17.9 Å². The first-order valence-electron chi connectivity index (χ1n) is 9.95. The van der Waals surface area contributed by atoms with Crippen molar-refractivity contribution in [3.05, 3.63) is 24.5 Å². The average Bonchev–Trinajstić information content (AvgIpc) is 2.70. The number of nitrogens with one attached hydrogen (secondary N) is 3. The first-order chi connectivity index (χ1) is 14.1. The molecule has 1 aliphatic rings. The fraction of sp³-hybridized carbons (Fsp3) is 0.632. The van der Waals surface area contributed by atoms with Crippen LogP contribution in [-0.4, -0.2) is 75.2 Å². The third-order valence-corrected chi connectivity index (χ3v) is 5.74. The van der Waals surface area contributed by atoms with Crippen molar-refractivity contribution in [2.75, 3.05) is 33.2 Å². The van der Waals surface area contributed by atoms with Crippen LogP contribution >= 0.6 is 0 Å². The Balaban J connectivity index is 1.78. The number of hydrogen-bond acceptors (Lipinski definition) is 6. The summed E-state index contributed by atoms with van der Waals surface area (Å²) in [5, 5.41) is 6.37. The Morgan fingerprint density at radius 2 is 2.13 bits per heavy atom. The maximum atomic E-state index is 12.3. The standard InChI is InChI=1S/C19H32N6O4S/c1-19(2,3)29-18(26)25-12-6-7-15(14-25)24-17(20-4)22-10-11-23-30(27,28)16-8-5-9-21-13-16/h5,8-9,13,15,23H,6-7,10-12,14H2,1-4H3,(H2,20,22,24). The highest BCUT2D eigenvalue weighted by Gasteiger charge is 2.28. The molecule has 10 nitrogen and oxygen atoms in total. The van der Waals surface area contributed by atoms with Crippen molar-refractivity contribution in [2.24, 2.45) is 4.99 Å². The largest absolute Gasteiger partial charge is 0.444 e. The number of piperidine rings is 1. The number of aromatic nitrogens is 1. The zero-order chi connectivity index (χ0) is 22.2. The van der Waals surface area contributed by atoms with Crippen molar-refractivity contribution in [3.63, 3.8) is 0 Å². The zero-order valence-electron chi connectivity index (χ0n) is 18.0. The minimum Gasteiger partial charge on any atom is -0.444 e. The molecule has 1 unspecified atom stereocenters. The number of nitrogens with zero attached hydrogens (tertiary/aromatic N) is 3. The SMILES string of the molecule is CN=C(NCCNS(=O)(=O)c1cccnc1)NC1CCCN(C(=O)OC(C)(C)C)C1. The Kier molecular flexibility index (Phi) is 8.42. The number of aliphatic imine (C=N–C) groups is 1. The summed E-state index contributed by atoms with van der Waals surface area (Å²) in [7, 11) is -1.95. The molecule has 1 atom stereocenters. The van der Waals surface area contributed by atoms with Crippen LogP contribution in [0.1, 0.15) is 33.6 Å². The lowest BCUT2D eigenvalue weighted by molar-refractivity contribution is 0.0193. The summed E-state index contributed by atoms with van der Waals surface area (Å²) in [5.41, 5.74) is -0.530. The average molecular weight is 441 g/mol. The Morgan fingerprint density at radius 3 is 2.77 bits per heavy atom. The number of likely N-dealkylation sites (tertiary alicyclic amines) is 1. The second-order valence-corrected chi connectivity index (χ2v) is 9.76.